The van der Waals surface area contributed by atoms with E-state index >= 15 is 0 Å². The van der Waals surface area contributed by atoms with Gasteiger partial charge in [0.05, 0.1) is 35.2 Å². The van der Waals surface area contributed by atoms with E-state index in [1.807, 2.05) is 72.7 Å². The van der Waals surface area contributed by atoms with Gasteiger partial charge in [-0.3, -0.25) is 4.79 Å². The van der Waals surface area contributed by atoms with E-state index in [2.05, 4.69) is 13.2 Å². The highest BCUT2D eigenvalue weighted by molar-refractivity contribution is 7.91. The number of benzene rings is 2. The lowest BCUT2D eigenvalue weighted by atomic mass is 10.2. The summed E-state index contributed by atoms with van der Waals surface area (Å²) < 4.78 is 38.9. The molecule has 212 valence electrons. The molecule has 0 aromatic heterocycles. The van der Waals surface area contributed by atoms with Crippen LogP contribution in [0.2, 0.25) is 0 Å². The molecule has 0 saturated carbocycles. The summed E-state index contributed by atoms with van der Waals surface area (Å²) in [6, 6.07) is 16.4. The third-order valence-electron chi connectivity index (χ3n) is 5.27. The molecule has 0 fully saturated rings. The zero-order chi connectivity index (χ0) is 29.3. The van der Waals surface area contributed by atoms with Crippen molar-refractivity contribution in [3.63, 3.8) is 0 Å². The standard InChI is InChI=1S/C13H18O3S.C12H16O2.C6H12O/c1-11(2)12(3)16-9-10-17(14,15)13-7-5-4-6-8-13;1-9(2)12(13)14-8-11-6-4-10(3)5-7-11;1-5(2)6(3)7-4/h4-8,11H,3,9-10H2,1-2H3;4-7,9H,8H2,1-3H3;5H,3H2,1-2,4H3. The highest BCUT2D eigenvalue weighted by Crippen LogP contribution is 2.12. The van der Waals surface area contributed by atoms with E-state index in [0.717, 1.165) is 11.3 Å². The van der Waals surface area contributed by atoms with Crippen molar-refractivity contribution in [2.24, 2.45) is 17.8 Å². The number of esters is 1. The molecule has 0 unspecified atom stereocenters. The van der Waals surface area contributed by atoms with Crippen LogP contribution in [0.3, 0.4) is 0 Å². The fraction of sp³-hybridized carbons (Fsp3) is 0.452. The third-order valence-corrected chi connectivity index (χ3v) is 6.96. The number of rotatable bonds is 11. The maximum absolute atomic E-state index is 11.9. The summed E-state index contributed by atoms with van der Waals surface area (Å²) in [7, 11) is -1.61. The molecule has 2 rings (SSSR count). The molecule has 0 radical (unpaired) electrons. The quantitative estimate of drug-likeness (QED) is 0.220. The van der Waals surface area contributed by atoms with E-state index in [4.69, 9.17) is 14.2 Å². The van der Waals surface area contributed by atoms with Gasteiger partial charge in [0.1, 0.15) is 13.2 Å². The van der Waals surface area contributed by atoms with Gasteiger partial charge < -0.3 is 14.2 Å². The third kappa shape index (κ3) is 15.3. The van der Waals surface area contributed by atoms with Crippen molar-refractivity contribution in [3.05, 3.63) is 90.4 Å². The normalized spacial score (nSPS) is 10.6. The van der Waals surface area contributed by atoms with Gasteiger partial charge in [0.25, 0.3) is 0 Å². The molecule has 0 bridgehead atoms. The van der Waals surface area contributed by atoms with Crippen molar-refractivity contribution in [3.8, 4) is 0 Å². The molecule has 6 nitrogen and oxygen atoms in total. The molecule has 0 atom stereocenters. The van der Waals surface area contributed by atoms with E-state index in [1.54, 1.807) is 37.4 Å². The maximum Gasteiger partial charge on any atom is 0.308 e. The Morgan fingerprint density at radius 2 is 1.32 bits per heavy atom. The molecule has 0 aliphatic rings. The number of carbonyl (C=O) groups is 1. The Labute approximate surface area is 230 Å². The number of allylic oxidation sites excluding steroid dienone is 2. The van der Waals surface area contributed by atoms with Gasteiger partial charge in [0, 0.05) is 11.8 Å². The summed E-state index contributed by atoms with van der Waals surface area (Å²) in [4.78, 5) is 11.5. The maximum atomic E-state index is 11.9. The number of hydrogen-bond acceptors (Lipinski definition) is 6. The minimum Gasteiger partial charge on any atom is -0.501 e. The lowest BCUT2D eigenvalue weighted by Gasteiger charge is -2.12. The summed E-state index contributed by atoms with van der Waals surface area (Å²) in [5, 5.41) is 0. The zero-order valence-corrected chi connectivity index (χ0v) is 25.1. The minimum absolute atomic E-state index is 0.0250. The number of hydrogen-bond donors (Lipinski definition) is 0. The van der Waals surface area contributed by atoms with Crippen molar-refractivity contribution in [2.45, 2.75) is 60.0 Å². The molecule has 2 aromatic carbocycles. The van der Waals surface area contributed by atoms with Crippen LogP contribution >= 0.6 is 0 Å². The van der Waals surface area contributed by atoms with E-state index in [0.29, 0.717) is 23.2 Å². The number of aryl methyl sites for hydroxylation is 1. The van der Waals surface area contributed by atoms with Gasteiger partial charge in [0.15, 0.2) is 9.84 Å². The monoisotopic (exact) mass is 546 g/mol. The Balaban J connectivity index is 0.000000587. The molecule has 0 aliphatic heterocycles. The van der Waals surface area contributed by atoms with E-state index in [9.17, 15) is 13.2 Å². The van der Waals surface area contributed by atoms with Crippen LogP contribution in [0, 0.1) is 24.7 Å². The summed E-state index contributed by atoms with van der Waals surface area (Å²) >= 11 is 0. The molecule has 7 heteroatoms. The van der Waals surface area contributed by atoms with Crippen LogP contribution in [-0.4, -0.2) is 33.9 Å². The molecular formula is C31H46O6S. The van der Waals surface area contributed by atoms with E-state index in [-0.39, 0.29) is 30.2 Å². The van der Waals surface area contributed by atoms with Crippen LogP contribution in [0.1, 0.15) is 52.7 Å². The molecule has 0 spiro atoms. The Hall–Kier alpha value is -3.06. The molecule has 2 aromatic rings. The van der Waals surface area contributed by atoms with Gasteiger partial charge in [-0.2, -0.15) is 0 Å². The van der Waals surface area contributed by atoms with Gasteiger partial charge in [-0.1, -0.05) is 103 Å². The Kier molecular flexibility index (Phi) is 16.8. The summed E-state index contributed by atoms with van der Waals surface area (Å²) in [5.74, 6) is 1.89. The van der Waals surface area contributed by atoms with Gasteiger partial charge >= 0.3 is 5.97 Å². The molecule has 0 amide bonds. The number of methoxy groups -OCH3 is 1. The largest absolute Gasteiger partial charge is 0.501 e. The Morgan fingerprint density at radius 3 is 1.74 bits per heavy atom. The molecule has 38 heavy (non-hydrogen) atoms. The van der Waals surface area contributed by atoms with Gasteiger partial charge in [-0.15, -0.1) is 0 Å². The van der Waals surface area contributed by atoms with Crippen LogP contribution in [0.4, 0.5) is 0 Å². The topological polar surface area (TPSA) is 78.9 Å². The average Bonchev–Trinajstić information content (AvgIpc) is 2.88. The van der Waals surface area contributed by atoms with Gasteiger partial charge in [-0.25, -0.2) is 8.42 Å². The molecule has 0 N–H and O–H groups in total. The van der Waals surface area contributed by atoms with E-state index < -0.39 is 9.84 Å². The van der Waals surface area contributed by atoms with Gasteiger partial charge in [0.2, 0.25) is 0 Å². The fourth-order valence-corrected chi connectivity index (χ4v) is 3.55. The minimum atomic E-state index is -3.25. The summed E-state index contributed by atoms with van der Waals surface area (Å²) in [5.41, 5.74) is 2.24. The van der Waals surface area contributed by atoms with Crippen LogP contribution in [-0.2, 0) is 35.4 Å². The van der Waals surface area contributed by atoms with E-state index in [1.165, 1.54) is 5.56 Å². The summed E-state index contributed by atoms with van der Waals surface area (Å²) in [6.45, 7) is 21.6. The molecule has 0 heterocycles. The average molecular weight is 547 g/mol. The van der Waals surface area contributed by atoms with Crippen molar-refractivity contribution in [2.75, 3.05) is 19.5 Å². The second-order valence-electron chi connectivity index (χ2n) is 9.67. The first-order valence-electron chi connectivity index (χ1n) is 12.8. The van der Waals surface area contributed by atoms with Crippen molar-refractivity contribution in [1.29, 1.82) is 0 Å². The first-order valence-corrected chi connectivity index (χ1v) is 14.4. The lowest BCUT2D eigenvalue weighted by molar-refractivity contribution is -0.148. The van der Waals surface area contributed by atoms with Gasteiger partial charge in [-0.05, 0) is 24.6 Å². The molecule has 0 aliphatic carbocycles. The van der Waals surface area contributed by atoms with Crippen LogP contribution in [0.5, 0.6) is 0 Å². The number of carbonyl (C=O) groups excluding carboxylic acids is 1. The van der Waals surface area contributed by atoms with Crippen LogP contribution < -0.4 is 0 Å². The highest BCUT2D eigenvalue weighted by atomic mass is 32.2. The predicted molar refractivity (Wildman–Crippen MR) is 155 cm³/mol. The highest BCUT2D eigenvalue weighted by Gasteiger charge is 2.14. The van der Waals surface area contributed by atoms with Crippen molar-refractivity contribution < 1.29 is 27.4 Å². The first kappa shape index (κ1) is 34.9. The van der Waals surface area contributed by atoms with Crippen molar-refractivity contribution in [1.82, 2.24) is 0 Å². The SMILES string of the molecule is C=C(OC)C(C)C.C=C(OCCS(=O)(=O)c1ccccc1)C(C)C.Cc1ccc(COC(=O)C(C)C)cc1. The smallest absolute Gasteiger partial charge is 0.308 e. The Bertz CT molecular complexity index is 1070. The fourth-order valence-electron chi connectivity index (χ4n) is 2.44. The Morgan fingerprint density at radius 1 is 0.789 bits per heavy atom. The molecular weight excluding hydrogens is 500 g/mol. The summed E-state index contributed by atoms with van der Waals surface area (Å²) in [6.07, 6.45) is 0. The van der Waals surface area contributed by atoms with Crippen molar-refractivity contribution >= 4 is 15.8 Å². The second-order valence-corrected chi connectivity index (χ2v) is 11.8. The van der Waals surface area contributed by atoms with Crippen LogP contribution in [0.25, 0.3) is 0 Å². The zero-order valence-electron chi connectivity index (χ0n) is 24.3. The lowest BCUT2D eigenvalue weighted by Crippen LogP contribution is -2.13. The number of ether oxygens (including phenoxy) is 3. The second kappa shape index (κ2) is 18.2. The number of sulfone groups is 1. The first-order chi connectivity index (χ1) is 17.7. The van der Waals surface area contributed by atoms with Crippen LogP contribution in [0.15, 0.2) is 84.2 Å². The predicted octanol–water partition coefficient (Wildman–Crippen LogP) is 7.14. The molecule has 0 saturated heterocycles.